The lowest BCUT2D eigenvalue weighted by Crippen LogP contribution is -2.48. The van der Waals surface area contributed by atoms with Crippen molar-refractivity contribution < 1.29 is 0 Å². The van der Waals surface area contributed by atoms with E-state index in [1.165, 1.54) is 0 Å². The number of rotatable bonds is 0. The highest BCUT2D eigenvalue weighted by molar-refractivity contribution is 8.13. The van der Waals surface area contributed by atoms with Gasteiger partial charge in [-0.2, -0.15) is 0 Å². The van der Waals surface area contributed by atoms with Crippen molar-refractivity contribution in [2.24, 2.45) is 15.7 Å². The van der Waals surface area contributed by atoms with Crippen LogP contribution >= 0.6 is 11.8 Å². The summed E-state index contributed by atoms with van der Waals surface area (Å²) >= 11 is 1.57. The molecule has 14 heavy (non-hydrogen) atoms. The number of piperidine rings is 1. The van der Waals surface area contributed by atoms with Crippen LogP contribution < -0.4 is 5.73 Å². The van der Waals surface area contributed by atoms with Gasteiger partial charge in [0.1, 0.15) is 11.4 Å². The molecule has 0 aromatic rings. The predicted octanol–water partition coefficient (Wildman–Crippen LogP) is 0.541. The van der Waals surface area contributed by atoms with Crippen LogP contribution in [-0.2, 0) is 0 Å². The fraction of sp³-hybridized carbons (Fsp3) is 0.778. The van der Waals surface area contributed by atoms with Gasteiger partial charge in [0.2, 0.25) is 0 Å². The Bertz CT molecular complexity index is 289. The van der Waals surface area contributed by atoms with Crippen LogP contribution in [0.4, 0.5) is 0 Å². The van der Waals surface area contributed by atoms with Crippen LogP contribution in [0.2, 0.25) is 0 Å². The summed E-state index contributed by atoms with van der Waals surface area (Å²) in [7, 11) is 2.13. The molecule has 78 valence electrons. The largest absolute Gasteiger partial charge is 0.385 e. The maximum Gasteiger partial charge on any atom is 0.185 e. The summed E-state index contributed by atoms with van der Waals surface area (Å²) in [6.07, 6.45) is 4.00. The fourth-order valence-electron chi connectivity index (χ4n) is 1.92. The molecular weight excluding hydrogens is 196 g/mol. The third kappa shape index (κ3) is 1.54. The van der Waals surface area contributed by atoms with Crippen molar-refractivity contribution in [1.29, 1.82) is 0 Å². The third-order valence-electron chi connectivity index (χ3n) is 3.00. The van der Waals surface area contributed by atoms with Gasteiger partial charge in [-0.3, -0.25) is 0 Å². The van der Waals surface area contributed by atoms with E-state index in [2.05, 4.69) is 21.9 Å². The number of nitrogens with zero attached hydrogens (tertiary/aromatic N) is 3. The van der Waals surface area contributed by atoms with Crippen molar-refractivity contribution in [3.8, 4) is 0 Å². The molecule has 1 fully saturated rings. The van der Waals surface area contributed by atoms with Crippen molar-refractivity contribution in [3.05, 3.63) is 0 Å². The maximum absolute atomic E-state index is 5.96. The highest BCUT2D eigenvalue weighted by atomic mass is 32.2. The van der Waals surface area contributed by atoms with Crippen LogP contribution in [0.5, 0.6) is 0 Å². The van der Waals surface area contributed by atoms with E-state index >= 15 is 0 Å². The molecular formula is C9H16N4S. The topological polar surface area (TPSA) is 54.0 Å². The zero-order valence-corrected chi connectivity index (χ0v) is 9.47. The van der Waals surface area contributed by atoms with Crippen molar-refractivity contribution in [3.63, 3.8) is 0 Å². The standard InChI is InChI=1S/C9H16N4S/c1-13-5-3-9(4-6-13)7(10)11-8(12-9)14-2/h3-6H2,1-2H3,(H2,10,11,12). The van der Waals surface area contributed by atoms with Crippen LogP contribution in [0.15, 0.2) is 9.98 Å². The molecule has 0 unspecified atom stereocenters. The van der Waals surface area contributed by atoms with Gasteiger partial charge < -0.3 is 10.6 Å². The van der Waals surface area contributed by atoms with E-state index in [1.807, 2.05) is 6.26 Å². The summed E-state index contributed by atoms with van der Waals surface area (Å²) in [6.45, 7) is 2.11. The van der Waals surface area contributed by atoms with Gasteiger partial charge in [0, 0.05) is 13.1 Å². The minimum absolute atomic E-state index is 0.162. The first-order valence-corrected chi connectivity index (χ1v) is 6.06. The van der Waals surface area contributed by atoms with Crippen LogP contribution in [-0.4, -0.2) is 47.8 Å². The molecule has 0 atom stereocenters. The van der Waals surface area contributed by atoms with Crippen molar-refractivity contribution in [1.82, 2.24) is 4.90 Å². The fourth-order valence-corrected chi connectivity index (χ4v) is 2.38. The minimum Gasteiger partial charge on any atom is -0.385 e. The van der Waals surface area contributed by atoms with Crippen molar-refractivity contribution in [2.45, 2.75) is 18.4 Å². The summed E-state index contributed by atoms with van der Waals surface area (Å²) in [6, 6.07) is 0. The molecule has 2 rings (SSSR count). The first kappa shape index (κ1) is 9.98. The molecule has 0 aliphatic carbocycles. The molecule has 1 saturated heterocycles. The van der Waals surface area contributed by atoms with Crippen LogP contribution in [0, 0.1) is 0 Å². The number of thioether (sulfide) groups is 1. The zero-order valence-electron chi connectivity index (χ0n) is 8.66. The Kier molecular flexibility index (Phi) is 2.53. The number of aliphatic imine (C=N–C) groups is 2. The molecule has 0 radical (unpaired) electrons. The van der Waals surface area contributed by atoms with Gasteiger partial charge in [-0.15, -0.1) is 0 Å². The average Bonchev–Trinajstić information content (AvgIpc) is 2.49. The summed E-state index contributed by atoms with van der Waals surface area (Å²) in [5, 5.41) is 0.840. The molecule has 4 nitrogen and oxygen atoms in total. The van der Waals surface area contributed by atoms with Crippen LogP contribution in [0.3, 0.4) is 0 Å². The summed E-state index contributed by atoms with van der Waals surface area (Å²) in [5.41, 5.74) is 5.80. The highest BCUT2D eigenvalue weighted by Gasteiger charge is 2.40. The molecule has 2 heterocycles. The Hall–Kier alpha value is -0.550. The van der Waals surface area contributed by atoms with Gasteiger partial charge in [0.25, 0.3) is 0 Å². The van der Waals surface area contributed by atoms with Gasteiger partial charge >= 0.3 is 0 Å². The molecule has 0 aromatic heterocycles. The van der Waals surface area contributed by atoms with E-state index in [9.17, 15) is 0 Å². The second-order valence-corrected chi connectivity index (χ2v) is 4.70. The SMILES string of the molecule is CSC1=NC2(CCN(C)CC2)C(N)=N1. The first-order chi connectivity index (χ1) is 6.66. The third-order valence-corrected chi connectivity index (χ3v) is 3.55. The monoisotopic (exact) mass is 212 g/mol. The van der Waals surface area contributed by atoms with Gasteiger partial charge in [-0.05, 0) is 26.1 Å². The number of hydrogen-bond acceptors (Lipinski definition) is 5. The van der Waals surface area contributed by atoms with E-state index in [0.29, 0.717) is 0 Å². The summed E-state index contributed by atoms with van der Waals surface area (Å²) in [4.78, 5) is 11.2. The molecule has 2 aliphatic heterocycles. The van der Waals surface area contributed by atoms with Crippen molar-refractivity contribution in [2.75, 3.05) is 26.4 Å². The predicted molar refractivity (Wildman–Crippen MR) is 62.0 cm³/mol. The molecule has 0 aromatic carbocycles. The van der Waals surface area contributed by atoms with Gasteiger partial charge in [0.15, 0.2) is 5.17 Å². The van der Waals surface area contributed by atoms with E-state index in [0.717, 1.165) is 36.9 Å². The Morgan fingerprint density at radius 1 is 1.43 bits per heavy atom. The van der Waals surface area contributed by atoms with Gasteiger partial charge in [-0.25, -0.2) is 9.98 Å². The smallest absolute Gasteiger partial charge is 0.185 e. The van der Waals surface area contributed by atoms with Crippen LogP contribution in [0.25, 0.3) is 0 Å². The second kappa shape index (κ2) is 3.55. The Labute approximate surface area is 88.7 Å². The quantitative estimate of drug-likeness (QED) is 0.637. The van der Waals surface area contributed by atoms with Gasteiger partial charge in [0.05, 0.1) is 0 Å². The molecule has 5 heteroatoms. The summed E-state index contributed by atoms with van der Waals surface area (Å²) < 4.78 is 0. The molecule has 2 aliphatic rings. The highest BCUT2D eigenvalue weighted by Crippen LogP contribution is 2.31. The maximum atomic E-state index is 5.96. The van der Waals surface area contributed by atoms with Crippen molar-refractivity contribution >= 4 is 22.8 Å². The number of likely N-dealkylation sites (tertiary alicyclic amines) is 1. The van der Waals surface area contributed by atoms with E-state index < -0.39 is 0 Å². The number of amidine groups is 2. The Morgan fingerprint density at radius 2 is 2.07 bits per heavy atom. The lowest BCUT2D eigenvalue weighted by Gasteiger charge is -2.34. The molecule has 0 bridgehead atoms. The lowest BCUT2D eigenvalue weighted by molar-refractivity contribution is 0.233. The van der Waals surface area contributed by atoms with E-state index in [1.54, 1.807) is 11.8 Å². The molecule has 0 saturated carbocycles. The summed E-state index contributed by atoms with van der Waals surface area (Å²) in [5.74, 6) is 0.718. The molecule has 2 N–H and O–H groups in total. The minimum atomic E-state index is -0.162. The Balaban J connectivity index is 2.18. The first-order valence-electron chi connectivity index (χ1n) is 4.83. The zero-order chi connectivity index (χ0) is 10.2. The van der Waals surface area contributed by atoms with Gasteiger partial charge in [-0.1, -0.05) is 11.8 Å². The second-order valence-electron chi connectivity index (χ2n) is 3.93. The number of nitrogens with two attached hydrogens (primary N) is 1. The lowest BCUT2D eigenvalue weighted by atomic mass is 9.88. The average molecular weight is 212 g/mol. The number of hydrogen-bond donors (Lipinski definition) is 1. The van der Waals surface area contributed by atoms with E-state index in [-0.39, 0.29) is 5.54 Å². The molecule has 0 amide bonds. The Morgan fingerprint density at radius 3 is 2.57 bits per heavy atom. The molecule has 1 spiro atoms. The normalized spacial score (nSPS) is 26.4. The van der Waals surface area contributed by atoms with Crippen LogP contribution in [0.1, 0.15) is 12.8 Å². The van der Waals surface area contributed by atoms with E-state index in [4.69, 9.17) is 5.73 Å².